The summed E-state index contributed by atoms with van der Waals surface area (Å²) < 4.78 is 19.1. The summed E-state index contributed by atoms with van der Waals surface area (Å²) in [4.78, 5) is 0. The third-order valence-electron chi connectivity index (χ3n) is 0.739. The molecule has 0 spiro atoms. The van der Waals surface area contributed by atoms with E-state index >= 15 is 0 Å². The lowest BCUT2D eigenvalue weighted by Gasteiger charge is -2.03. The molecular formula is C10H30O4. The number of ether oxygens (including phenoxy) is 4. The van der Waals surface area contributed by atoms with Gasteiger partial charge in [0.25, 0.3) is 0 Å². The fraction of sp³-hybridized carbons (Fsp3) is 1.00. The molecular weight excluding hydrogens is 184 g/mol. The third kappa shape index (κ3) is 29.7. The van der Waals surface area contributed by atoms with Gasteiger partial charge < -0.3 is 18.9 Å². The maximum absolute atomic E-state index is 4.87. The predicted molar refractivity (Wildman–Crippen MR) is 62.3 cm³/mol. The molecule has 0 N–H and O–H groups in total. The molecule has 0 amide bonds. The van der Waals surface area contributed by atoms with Gasteiger partial charge in [0.15, 0.2) is 6.79 Å². The Balaban J connectivity index is -0.0000000675. The summed E-state index contributed by atoms with van der Waals surface area (Å²) in [5.41, 5.74) is 0. The maximum atomic E-state index is 4.87. The van der Waals surface area contributed by atoms with Gasteiger partial charge in [-0.3, -0.25) is 0 Å². The van der Waals surface area contributed by atoms with Crippen molar-refractivity contribution in [1.82, 2.24) is 0 Å². The van der Waals surface area contributed by atoms with Crippen molar-refractivity contribution in [3.8, 4) is 0 Å². The molecule has 0 aliphatic carbocycles. The molecule has 0 radical (unpaired) electrons. The van der Waals surface area contributed by atoms with Crippen LogP contribution < -0.4 is 0 Å². The zero-order valence-electron chi connectivity index (χ0n) is 6.46. The van der Waals surface area contributed by atoms with Gasteiger partial charge in [-0.25, -0.2) is 0 Å². The zero-order valence-corrected chi connectivity index (χ0v) is 6.46. The quantitative estimate of drug-likeness (QED) is 0.482. The molecule has 0 saturated carbocycles. The van der Waals surface area contributed by atoms with E-state index in [0.29, 0.717) is 6.61 Å². The molecule has 0 aromatic carbocycles. The summed E-state index contributed by atoms with van der Waals surface area (Å²) in [6.45, 7) is 3.31. The average molecular weight is 214 g/mol. The van der Waals surface area contributed by atoms with Crippen LogP contribution in [0, 0.1) is 0 Å². The minimum absolute atomic E-state index is 0. The van der Waals surface area contributed by atoms with E-state index in [9.17, 15) is 0 Å². The van der Waals surface area contributed by atoms with Crippen molar-refractivity contribution in [3.63, 3.8) is 0 Å². The van der Waals surface area contributed by atoms with Crippen LogP contribution in [0.1, 0.15) is 36.6 Å². The molecule has 0 aliphatic rings. The van der Waals surface area contributed by atoms with Gasteiger partial charge >= 0.3 is 0 Å². The first-order valence-electron chi connectivity index (χ1n) is 3.14. The fourth-order valence-electron chi connectivity index (χ4n) is 0.353. The molecule has 0 fully saturated rings. The van der Waals surface area contributed by atoms with Crippen molar-refractivity contribution < 1.29 is 18.9 Å². The second-order valence-electron chi connectivity index (χ2n) is 1.54. The molecule has 4 heteroatoms. The van der Waals surface area contributed by atoms with Crippen molar-refractivity contribution in [2.24, 2.45) is 0 Å². The second-order valence-corrected chi connectivity index (χ2v) is 1.54. The van der Waals surface area contributed by atoms with E-state index in [4.69, 9.17) is 14.2 Å². The molecule has 0 heterocycles. The van der Waals surface area contributed by atoms with Crippen LogP contribution in [0.25, 0.3) is 0 Å². The lowest BCUT2D eigenvalue weighted by Crippen LogP contribution is -2.05. The average Bonchev–Trinajstić information content (AvgIpc) is 1.97. The van der Waals surface area contributed by atoms with Gasteiger partial charge in [0.1, 0.15) is 13.6 Å². The SMILES string of the molecule is C.C.C.C.CCOCOCOCOC. The summed E-state index contributed by atoms with van der Waals surface area (Å²) >= 11 is 0. The van der Waals surface area contributed by atoms with E-state index < -0.39 is 0 Å². The first-order chi connectivity index (χ1) is 4.91. The Morgan fingerprint density at radius 2 is 1.14 bits per heavy atom. The Labute approximate surface area is 90.5 Å². The first kappa shape index (κ1) is 29.2. The highest BCUT2D eigenvalue weighted by Gasteiger charge is 1.84. The summed E-state index contributed by atoms with van der Waals surface area (Å²) in [5, 5.41) is 0. The van der Waals surface area contributed by atoms with Crippen molar-refractivity contribution in [3.05, 3.63) is 0 Å². The van der Waals surface area contributed by atoms with Gasteiger partial charge in [-0.2, -0.15) is 0 Å². The molecule has 0 aliphatic heterocycles. The van der Waals surface area contributed by atoms with E-state index in [1.807, 2.05) is 6.92 Å². The van der Waals surface area contributed by atoms with E-state index in [0.717, 1.165) is 0 Å². The molecule has 0 aromatic rings. The van der Waals surface area contributed by atoms with E-state index in [-0.39, 0.29) is 50.1 Å². The maximum Gasteiger partial charge on any atom is 0.152 e. The normalized spacial score (nSPS) is 7.29. The molecule has 0 saturated heterocycles. The number of rotatable bonds is 7. The summed E-state index contributed by atoms with van der Waals surface area (Å²) in [7, 11) is 1.56. The van der Waals surface area contributed by atoms with Gasteiger partial charge in [0.2, 0.25) is 0 Å². The highest BCUT2D eigenvalue weighted by molar-refractivity contribution is 4.06. The largest absolute Gasteiger partial charge is 0.359 e. The molecule has 0 unspecified atom stereocenters. The molecule has 14 heavy (non-hydrogen) atoms. The molecule has 0 aromatic heterocycles. The number of hydrogen-bond donors (Lipinski definition) is 0. The van der Waals surface area contributed by atoms with Crippen molar-refractivity contribution in [2.45, 2.75) is 36.6 Å². The first-order valence-corrected chi connectivity index (χ1v) is 3.14. The monoisotopic (exact) mass is 214 g/mol. The summed E-state index contributed by atoms with van der Waals surface area (Å²) in [6.07, 6.45) is 0. The van der Waals surface area contributed by atoms with Crippen LogP contribution in [-0.2, 0) is 18.9 Å². The molecule has 0 atom stereocenters. The highest BCUT2D eigenvalue weighted by Crippen LogP contribution is 1.79. The number of methoxy groups -OCH3 is 1. The van der Waals surface area contributed by atoms with Crippen LogP contribution in [-0.4, -0.2) is 34.1 Å². The van der Waals surface area contributed by atoms with Gasteiger partial charge in [0.05, 0.1) is 0 Å². The van der Waals surface area contributed by atoms with Crippen molar-refractivity contribution in [2.75, 3.05) is 34.1 Å². The van der Waals surface area contributed by atoms with Crippen LogP contribution in [0.3, 0.4) is 0 Å². The van der Waals surface area contributed by atoms with Crippen LogP contribution in [0.4, 0.5) is 0 Å². The number of hydrogen-bond acceptors (Lipinski definition) is 4. The Morgan fingerprint density at radius 3 is 1.57 bits per heavy atom. The predicted octanol–water partition coefficient (Wildman–Crippen LogP) is 3.12. The summed E-state index contributed by atoms with van der Waals surface area (Å²) in [6, 6.07) is 0. The minimum Gasteiger partial charge on any atom is -0.359 e. The van der Waals surface area contributed by atoms with Crippen LogP contribution in [0.15, 0.2) is 0 Å². The van der Waals surface area contributed by atoms with E-state index in [1.54, 1.807) is 7.11 Å². The minimum atomic E-state index is 0. The molecule has 0 rings (SSSR count). The molecule has 4 nitrogen and oxygen atoms in total. The van der Waals surface area contributed by atoms with Gasteiger partial charge in [-0.05, 0) is 6.92 Å². The Kier molecular flexibility index (Phi) is 61.1. The van der Waals surface area contributed by atoms with E-state index in [1.165, 1.54) is 0 Å². The smallest absolute Gasteiger partial charge is 0.152 e. The lowest BCUT2D eigenvalue weighted by molar-refractivity contribution is -0.162. The van der Waals surface area contributed by atoms with Gasteiger partial charge in [-0.1, -0.05) is 29.7 Å². The van der Waals surface area contributed by atoms with E-state index in [2.05, 4.69) is 4.74 Å². The zero-order chi connectivity index (χ0) is 7.66. The topological polar surface area (TPSA) is 36.9 Å². The Hall–Kier alpha value is -0.160. The van der Waals surface area contributed by atoms with Crippen LogP contribution in [0.5, 0.6) is 0 Å². The van der Waals surface area contributed by atoms with Gasteiger partial charge in [-0.15, -0.1) is 0 Å². The van der Waals surface area contributed by atoms with Gasteiger partial charge in [0, 0.05) is 13.7 Å². The van der Waals surface area contributed by atoms with Crippen molar-refractivity contribution in [1.29, 1.82) is 0 Å². The highest BCUT2D eigenvalue weighted by atomic mass is 16.8. The standard InChI is InChI=1S/C6H14O4.4CH4/c1-3-8-5-10-6-9-4-7-2;;;;/h3-6H2,1-2H3;4*1H4. The van der Waals surface area contributed by atoms with Crippen molar-refractivity contribution >= 4 is 0 Å². The third-order valence-corrected chi connectivity index (χ3v) is 0.739. The molecule has 94 valence electrons. The summed E-state index contributed by atoms with van der Waals surface area (Å²) in [5.74, 6) is 0. The second kappa shape index (κ2) is 29.3. The molecule has 0 bridgehead atoms. The fourth-order valence-corrected chi connectivity index (χ4v) is 0.353. The Morgan fingerprint density at radius 1 is 0.714 bits per heavy atom. The van der Waals surface area contributed by atoms with Crippen LogP contribution in [0.2, 0.25) is 0 Å². The Bertz CT molecular complexity index is 52.1. The van der Waals surface area contributed by atoms with Crippen LogP contribution >= 0.6 is 0 Å². The lowest BCUT2D eigenvalue weighted by atomic mass is 10.9.